The minimum Gasteiger partial charge on any atom is -0.464 e. The molecule has 0 aliphatic carbocycles. The van der Waals surface area contributed by atoms with Gasteiger partial charge in [0.2, 0.25) is 0 Å². The van der Waals surface area contributed by atoms with Crippen molar-refractivity contribution in [3.63, 3.8) is 0 Å². The minimum absolute atomic E-state index is 0.00180. The van der Waals surface area contributed by atoms with Gasteiger partial charge in [0.25, 0.3) is 0 Å². The van der Waals surface area contributed by atoms with Gasteiger partial charge < -0.3 is 53.4 Å². The zero-order valence-corrected chi connectivity index (χ0v) is 39.8. The molecule has 3 N–H and O–H groups in total. The van der Waals surface area contributed by atoms with Crippen LogP contribution in [-0.2, 0) is 44.5 Å². The molecular weight excluding hydrogens is 822 g/mol. The Balaban J connectivity index is 1.54. The van der Waals surface area contributed by atoms with Crippen LogP contribution in [0, 0.1) is 23.7 Å². The van der Waals surface area contributed by atoms with E-state index in [1.165, 1.54) is 7.11 Å². The normalized spacial score (nSPS) is 41.1. The van der Waals surface area contributed by atoms with E-state index in [0.29, 0.717) is 36.6 Å². The molecule has 0 saturated carbocycles. The highest BCUT2D eigenvalue weighted by molar-refractivity contribution is 6.30. The van der Waals surface area contributed by atoms with Gasteiger partial charge in [-0.25, -0.2) is 0 Å². The SMILES string of the molecule is CO[C@]1(C)C[C@@H](C)[C@H](O)[C@H](C)CN(C)[C@@H](Cn2cc(-c3ccc(Cl)cc3)nn2)COC(=O)[C@H](C)[C@@H](O[C@H]2C[C@@](C)(OC)[C@@H](O)[C@H](C)O2)[C@H](C)[C@H]1O[C@@H]1O[C@H](C)C[C@H](N(C)C)[C@H]1O. The zero-order valence-electron chi connectivity index (χ0n) is 39.0. The van der Waals surface area contributed by atoms with Crippen LogP contribution in [0.25, 0.3) is 11.3 Å². The van der Waals surface area contributed by atoms with Gasteiger partial charge in [-0.05, 0) is 92.6 Å². The van der Waals surface area contributed by atoms with Gasteiger partial charge in [0.1, 0.15) is 24.5 Å². The predicted octanol–water partition coefficient (Wildman–Crippen LogP) is 4.25. The molecule has 1 aromatic carbocycles. The van der Waals surface area contributed by atoms with Crippen LogP contribution in [-0.4, -0.2) is 173 Å². The molecular formula is C45H74ClN5O11. The molecule has 0 bridgehead atoms. The van der Waals surface area contributed by atoms with Crippen LogP contribution in [0.3, 0.4) is 0 Å². The molecule has 62 heavy (non-hydrogen) atoms. The summed E-state index contributed by atoms with van der Waals surface area (Å²) in [5.74, 6) is -2.55. The standard InChI is InChI=1S/C45H74ClN5O11/c1-25-19-45(8,57-13)41(62-43-38(53)35(49(9)10)18-27(3)59-43)28(4)39(61-36-20-44(7,56-12)40(54)30(6)60-36)29(5)42(55)58-24-33(50(11)21-26(2)37(25)52)22-51-23-34(47-48-51)31-14-16-32(46)17-15-31/h14-17,23,25-30,33,35-41,43,52-54H,18-22,24H2,1-13H3/t25-,26-,27-,28+,29-,30+,33+,35+,36+,37+,38-,39+,40+,41-,43+,44-,45-/m1/s1. The first-order valence-electron chi connectivity index (χ1n) is 22.1. The van der Waals surface area contributed by atoms with Crippen LogP contribution in [0.4, 0.5) is 0 Å². The summed E-state index contributed by atoms with van der Waals surface area (Å²) in [6.45, 7) is 15.9. The van der Waals surface area contributed by atoms with Crippen molar-refractivity contribution in [3.8, 4) is 11.3 Å². The molecule has 0 amide bonds. The summed E-state index contributed by atoms with van der Waals surface area (Å²) < 4.78 is 46.7. The van der Waals surface area contributed by atoms with E-state index in [0.717, 1.165) is 5.56 Å². The van der Waals surface area contributed by atoms with E-state index >= 15 is 0 Å². The van der Waals surface area contributed by atoms with E-state index in [-0.39, 0.29) is 43.1 Å². The Morgan fingerprint density at radius 3 is 2.21 bits per heavy atom. The number of benzene rings is 1. The molecule has 17 heteroatoms. The molecule has 3 aliphatic rings. The van der Waals surface area contributed by atoms with E-state index in [9.17, 15) is 20.1 Å². The van der Waals surface area contributed by atoms with E-state index in [1.807, 2.05) is 79.0 Å². The second-order valence-electron chi connectivity index (χ2n) is 19.0. The Morgan fingerprint density at radius 2 is 1.58 bits per heavy atom. The van der Waals surface area contributed by atoms with Crippen molar-refractivity contribution in [2.45, 2.75) is 160 Å². The summed E-state index contributed by atoms with van der Waals surface area (Å²) >= 11 is 6.13. The number of rotatable bonds is 10. The number of nitrogens with zero attached hydrogens (tertiary/aromatic N) is 5. The number of hydrogen-bond acceptors (Lipinski definition) is 15. The lowest BCUT2D eigenvalue weighted by molar-refractivity contribution is -0.319. The lowest BCUT2D eigenvalue weighted by atomic mass is 9.75. The highest BCUT2D eigenvalue weighted by Crippen LogP contribution is 2.41. The van der Waals surface area contributed by atoms with Gasteiger partial charge in [-0.15, -0.1) is 5.10 Å². The maximum absolute atomic E-state index is 14.5. The van der Waals surface area contributed by atoms with Gasteiger partial charge in [-0.2, -0.15) is 0 Å². The number of hydrogen-bond donors (Lipinski definition) is 3. The Kier molecular flexibility index (Phi) is 17.4. The molecule has 17 atom stereocenters. The zero-order chi connectivity index (χ0) is 45.8. The third-order valence-electron chi connectivity index (χ3n) is 13.9. The van der Waals surface area contributed by atoms with Gasteiger partial charge >= 0.3 is 5.97 Å². The number of ether oxygens (including phenoxy) is 7. The quantitative estimate of drug-likeness (QED) is 0.288. The van der Waals surface area contributed by atoms with Crippen molar-refractivity contribution in [2.75, 3.05) is 48.5 Å². The van der Waals surface area contributed by atoms with Crippen LogP contribution in [0.15, 0.2) is 30.5 Å². The largest absolute Gasteiger partial charge is 0.464 e. The van der Waals surface area contributed by atoms with Crippen molar-refractivity contribution in [1.82, 2.24) is 24.8 Å². The number of likely N-dealkylation sites (N-methyl/N-ethyl adjacent to an activating group) is 2. The Labute approximate surface area is 373 Å². The number of methoxy groups -OCH3 is 2. The number of esters is 1. The predicted molar refractivity (Wildman–Crippen MR) is 233 cm³/mol. The lowest BCUT2D eigenvalue weighted by Crippen LogP contribution is -2.61. The monoisotopic (exact) mass is 896 g/mol. The fraction of sp³-hybridized carbons (Fsp3) is 0.800. The maximum atomic E-state index is 14.5. The average molecular weight is 897 g/mol. The van der Waals surface area contributed by atoms with Gasteiger partial charge in [-0.3, -0.25) is 14.4 Å². The van der Waals surface area contributed by atoms with Gasteiger partial charge in [0.05, 0.1) is 66.4 Å². The number of aliphatic hydroxyl groups is 3. The van der Waals surface area contributed by atoms with Crippen LogP contribution in [0.2, 0.25) is 5.02 Å². The van der Waals surface area contributed by atoms with Crippen LogP contribution in [0.1, 0.15) is 74.7 Å². The molecule has 4 heterocycles. The van der Waals surface area contributed by atoms with Gasteiger partial charge in [0.15, 0.2) is 12.6 Å². The molecule has 16 nitrogen and oxygen atoms in total. The second-order valence-corrected chi connectivity index (χ2v) is 19.5. The first-order chi connectivity index (χ1) is 29.1. The summed E-state index contributed by atoms with van der Waals surface area (Å²) in [7, 11) is 8.92. The molecule has 0 radical (unpaired) electrons. The number of halogens is 1. The molecule has 2 aromatic rings. The fourth-order valence-electron chi connectivity index (χ4n) is 9.73. The third-order valence-corrected chi connectivity index (χ3v) is 14.1. The lowest BCUT2D eigenvalue weighted by Gasteiger charge is -2.49. The summed E-state index contributed by atoms with van der Waals surface area (Å²) in [5.41, 5.74) is -0.575. The van der Waals surface area contributed by atoms with E-state index < -0.39 is 78.2 Å². The Morgan fingerprint density at radius 1 is 0.919 bits per heavy atom. The van der Waals surface area contributed by atoms with Crippen LogP contribution >= 0.6 is 11.6 Å². The molecule has 352 valence electrons. The first kappa shape index (κ1) is 50.7. The van der Waals surface area contributed by atoms with Gasteiger partial charge in [0, 0.05) is 49.7 Å². The van der Waals surface area contributed by atoms with E-state index in [4.69, 9.17) is 44.8 Å². The van der Waals surface area contributed by atoms with Crippen molar-refractivity contribution in [3.05, 3.63) is 35.5 Å². The van der Waals surface area contributed by atoms with Crippen molar-refractivity contribution in [1.29, 1.82) is 0 Å². The van der Waals surface area contributed by atoms with E-state index in [2.05, 4.69) is 15.2 Å². The van der Waals surface area contributed by atoms with Crippen LogP contribution in [0.5, 0.6) is 0 Å². The molecule has 5 rings (SSSR count). The smallest absolute Gasteiger partial charge is 0.311 e. The Bertz CT molecular complexity index is 1720. The van der Waals surface area contributed by atoms with Gasteiger partial charge in [-0.1, -0.05) is 49.7 Å². The van der Waals surface area contributed by atoms with Crippen molar-refractivity contribution >= 4 is 17.6 Å². The summed E-state index contributed by atoms with van der Waals surface area (Å²) in [5, 5.41) is 44.3. The highest BCUT2D eigenvalue weighted by atomic mass is 35.5. The molecule has 3 fully saturated rings. The van der Waals surface area contributed by atoms with Crippen molar-refractivity contribution in [2.24, 2.45) is 23.7 Å². The van der Waals surface area contributed by atoms with E-state index in [1.54, 1.807) is 44.7 Å². The average Bonchev–Trinajstić information content (AvgIpc) is 3.70. The number of carbonyl (C=O) groups is 1. The number of carbonyl (C=O) groups excluding carboxylic acids is 1. The molecule has 3 saturated heterocycles. The maximum Gasteiger partial charge on any atom is 0.311 e. The summed E-state index contributed by atoms with van der Waals surface area (Å²) in [6, 6.07) is 6.75. The Hall–Kier alpha value is -2.32. The highest BCUT2D eigenvalue weighted by Gasteiger charge is 2.52. The number of cyclic esters (lactones) is 1. The summed E-state index contributed by atoms with van der Waals surface area (Å²) in [6.07, 6.45) is -4.37. The second kappa shape index (κ2) is 21.3. The third kappa shape index (κ3) is 11.7. The molecule has 3 aliphatic heterocycles. The fourth-order valence-corrected chi connectivity index (χ4v) is 9.86. The first-order valence-corrected chi connectivity index (χ1v) is 22.4. The topological polar surface area (TPSA) is 180 Å². The number of aliphatic hydroxyl groups excluding tert-OH is 3. The van der Waals surface area contributed by atoms with Crippen molar-refractivity contribution < 1.29 is 53.3 Å². The summed E-state index contributed by atoms with van der Waals surface area (Å²) in [4.78, 5) is 18.6. The molecule has 1 aromatic heterocycles. The molecule has 0 unspecified atom stereocenters. The molecule has 0 spiro atoms. The minimum atomic E-state index is -1.11. The van der Waals surface area contributed by atoms with Crippen LogP contribution < -0.4 is 0 Å². The number of aromatic nitrogens is 3.